The number of rotatable bonds is 7. The fraction of sp³-hybridized carbons (Fsp3) is 0.611. The predicted octanol–water partition coefficient (Wildman–Crippen LogP) is 3.42. The molecule has 0 bridgehead atoms. The van der Waals surface area contributed by atoms with Gasteiger partial charge in [-0.25, -0.2) is 0 Å². The summed E-state index contributed by atoms with van der Waals surface area (Å²) in [6, 6.07) is 8.14. The number of carbonyl (C=O) groups is 1. The second-order valence-corrected chi connectivity index (χ2v) is 7.70. The van der Waals surface area contributed by atoms with Crippen molar-refractivity contribution in [1.82, 2.24) is 9.80 Å². The Labute approximate surface area is 149 Å². The van der Waals surface area contributed by atoms with Crippen molar-refractivity contribution >= 4 is 29.3 Å². The third-order valence-corrected chi connectivity index (χ3v) is 5.25. The van der Waals surface area contributed by atoms with Crippen molar-refractivity contribution in [2.75, 3.05) is 45.2 Å². The zero-order valence-electron chi connectivity index (χ0n) is 14.1. The van der Waals surface area contributed by atoms with E-state index >= 15 is 0 Å². The van der Waals surface area contributed by atoms with E-state index in [9.17, 15) is 4.79 Å². The number of halogens is 1. The Hall–Kier alpha value is -0.710. The lowest BCUT2D eigenvalue weighted by Gasteiger charge is -2.34. The molecule has 5 heteroatoms. The van der Waals surface area contributed by atoms with Gasteiger partial charge in [-0.3, -0.25) is 4.79 Å². The molecule has 2 rings (SSSR count). The van der Waals surface area contributed by atoms with Gasteiger partial charge in [0, 0.05) is 31.7 Å². The van der Waals surface area contributed by atoms with E-state index in [0.29, 0.717) is 11.7 Å². The molecule has 1 heterocycles. The van der Waals surface area contributed by atoms with Gasteiger partial charge in [-0.1, -0.05) is 23.7 Å². The molecule has 0 radical (unpaired) electrons. The van der Waals surface area contributed by atoms with Crippen LogP contribution in [0.5, 0.6) is 0 Å². The van der Waals surface area contributed by atoms with Crippen molar-refractivity contribution in [1.29, 1.82) is 0 Å². The summed E-state index contributed by atoms with van der Waals surface area (Å²) in [6.07, 6.45) is 5.50. The van der Waals surface area contributed by atoms with Gasteiger partial charge in [-0.15, -0.1) is 0 Å². The van der Waals surface area contributed by atoms with Gasteiger partial charge in [0.2, 0.25) is 5.91 Å². The molecule has 128 valence electrons. The molecule has 0 aromatic heterocycles. The average Bonchev–Trinajstić information content (AvgIpc) is 2.55. The van der Waals surface area contributed by atoms with Crippen LogP contribution in [0.1, 0.15) is 18.4 Å². The molecule has 1 fully saturated rings. The minimum atomic E-state index is 0.246. The van der Waals surface area contributed by atoms with Crippen LogP contribution in [0.25, 0.3) is 0 Å². The quantitative estimate of drug-likeness (QED) is 0.749. The predicted molar refractivity (Wildman–Crippen MR) is 100 cm³/mol. The average molecular weight is 355 g/mol. The van der Waals surface area contributed by atoms with Gasteiger partial charge in [-0.05, 0) is 55.7 Å². The Bertz CT molecular complexity index is 494. The van der Waals surface area contributed by atoms with Crippen molar-refractivity contribution in [3.8, 4) is 0 Å². The van der Waals surface area contributed by atoms with Crippen LogP contribution in [-0.2, 0) is 11.2 Å². The van der Waals surface area contributed by atoms with Crippen molar-refractivity contribution in [3.05, 3.63) is 34.9 Å². The molecule has 1 saturated heterocycles. The van der Waals surface area contributed by atoms with Gasteiger partial charge in [0.25, 0.3) is 0 Å². The number of hydrogen-bond donors (Lipinski definition) is 0. The molecular weight excluding hydrogens is 328 g/mol. The molecule has 3 nitrogen and oxygen atoms in total. The fourth-order valence-electron chi connectivity index (χ4n) is 3.16. The molecule has 1 aromatic carbocycles. The normalized spacial score (nSPS) is 18.8. The van der Waals surface area contributed by atoms with Gasteiger partial charge >= 0.3 is 0 Å². The molecule has 1 aromatic rings. The number of thioether (sulfide) groups is 1. The van der Waals surface area contributed by atoms with Gasteiger partial charge < -0.3 is 9.80 Å². The Morgan fingerprint density at radius 3 is 2.83 bits per heavy atom. The number of nitrogens with zero attached hydrogens (tertiary/aromatic N) is 2. The van der Waals surface area contributed by atoms with Gasteiger partial charge in [0.05, 0.1) is 5.75 Å². The molecule has 1 aliphatic heterocycles. The number of hydrogen-bond acceptors (Lipinski definition) is 3. The molecule has 1 unspecified atom stereocenters. The Morgan fingerprint density at radius 1 is 1.39 bits per heavy atom. The Kier molecular flexibility index (Phi) is 7.74. The summed E-state index contributed by atoms with van der Waals surface area (Å²) < 4.78 is 0. The van der Waals surface area contributed by atoms with Crippen LogP contribution >= 0.6 is 23.4 Å². The van der Waals surface area contributed by atoms with E-state index < -0.39 is 0 Å². The van der Waals surface area contributed by atoms with Crippen LogP contribution < -0.4 is 0 Å². The first kappa shape index (κ1) is 18.6. The van der Waals surface area contributed by atoms with Crippen molar-refractivity contribution in [2.24, 2.45) is 5.92 Å². The maximum Gasteiger partial charge on any atom is 0.232 e. The highest BCUT2D eigenvalue weighted by molar-refractivity contribution is 7.99. The van der Waals surface area contributed by atoms with E-state index in [1.165, 1.54) is 24.9 Å². The van der Waals surface area contributed by atoms with E-state index in [1.807, 2.05) is 30.3 Å². The maximum absolute atomic E-state index is 11.9. The summed E-state index contributed by atoms with van der Waals surface area (Å²) in [7, 11) is 1.94. The molecular formula is C18H27ClN2OS. The van der Waals surface area contributed by atoms with E-state index in [2.05, 4.69) is 17.0 Å². The second-order valence-electron chi connectivity index (χ2n) is 6.39. The summed E-state index contributed by atoms with van der Waals surface area (Å²) in [5.74, 6) is 1.43. The SMILES string of the molecule is CSCC(=O)N(C)CC1CCCN(CCc2ccc(Cl)cc2)C1. The standard InChI is InChI=1S/C18H27ClN2OS/c1-20(18(22)14-23-2)12-16-4-3-10-21(13-16)11-9-15-5-7-17(19)8-6-15/h5-8,16H,3-4,9-14H2,1-2H3. The van der Waals surface area contributed by atoms with Crippen LogP contribution in [0.15, 0.2) is 24.3 Å². The Morgan fingerprint density at radius 2 is 2.13 bits per heavy atom. The van der Waals surface area contributed by atoms with Crippen LogP contribution in [0.2, 0.25) is 5.02 Å². The summed E-state index contributed by atoms with van der Waals surface area (Å²) >= 11 is 7.53. The first-order valence-corrected chi connectivity index (χ1v) is 10.1. The van der Waals surface area contributed by atoms with E-state index in [1.54, 1.807) is 11.8 Å². The molecule has 0 saturated carbocycles. The van der Waals surface area contributed by atoms with Gasteiger partial charge in [0.1, 0.15) is 0 Å². The van der Waals surface area contributed by atoms with Crippen LogP contribution in [0, 0.1) is 5.92 Å². The highest BCUT2D eigenvalue weighted by Crippen LogP contribution is 2.18. The first-order chi connectivity index (χ1) is 11.1. The number of piperidine rings is 1. The maximum atomic E-state index is 11.9. The third kappa shape index (κ3) is 6.36. The highest BCUT2D eigenvalue weighted by Gasteiger charge is 2.22. The van der Waals surface area contributed by atoms with Crippen molar-refractivity contribution < 1.29 is 4.79 Å². The smallest absolute Gasteiger partial charge is 0.232 e. The fourth-order valence-corrected chi connectivity index (χ4v) is 3.76. The minimum Gasteiger partial charge on any atom is -0.345 e. The number of benzene rings is 1. The second kappa shape index (κ2) is 9.55. The zero-order chi connectivity index (χ0) is 16.7. The Balaban J connectivity index is 1.76. The lowest BCUT2D eigenvalue weighted by molar-refractivity contribution is -0.127. The molecule has 1 aliphatic rings. The van der Waals surface area contributed by atoms with E-state index in [-0.39, 0.29) is 5.91 Å². The number of carbonyl (C=O) groups excluding carboxylic acids is 1. The molecule has 23 heavy (non-hydrogen) atoms. The summed E-state index contributed by atoms with van der Waals surface area (Å²) in [4.78, 5) is 16.4. The lowest BCUT2D eigenvalue weighted by atomic mass is 9.97. The molecule has 0 spiro atoms. The zero-order valence-corrected chi connectivity index (χ0v) is 15.7. The summed E-state index contributed by atoms with van der Waals surface area (Å²) in [6.45, 7) is 4.24. The first-order valence-electron chi connectivity index (χ1n) is 8.28. The van der Waals surface area contributed by atoms with E-state index in [0.717, 1.165) is 31.1 Å². The lowest BCUT2D eigenvalue weighted by Crippen LogP contribution is -2.42. The van der Waals surface area contributed by atoms with Crippen LogP contribution in [-0.4, -0.2) is 60.9 Å². The molecule has 0 aliphatic carbocycles. The number of amides is 1. The topological polar surface area (TPSA) is 23.6 Å². The van der Waals surface area contributed by atoms with E-state index in [4.69, 9.17) is 11.6 Å². The molecule has 1 atom stereocenters. The number of likely N-dealkylation sites (tertiary alicyclic amines) is 1. The van der Waals surface area contributed by atoms with Crippen LogP contribution in [0.4, 0.5) is 0 Å². The summed E-state index contributed by atoms with van der Waals surface area (Å²) in [5, 5.41) is 0.796. The molecule has 0 N–H and O–H groups in total. The highest BCUT2D eigenvalue weighted by atomic mass is 35.5. The van der Waals surface area contributed by atoms with Crippen molar-refractivity contribution in [3.63, 3.8) is 0 Å². The minimum absolute atomic E-state index is 0.246. The van der Waals surface area contributed by atoms with Crippen molar-refractivity contribution in [2.45, 2.75) is 19.3 Å². The van der Waals surface area contributed by atoms with Gasteiger partial charge in [-0.2, -0.15) is 11.8 Å². The van der Waals surface area contributed by atoms with Crippen LogP contribution in [0.3, 0.4) is 0 Å². The summed E-state index contributed by atoms with van der Waals surface area (Å²) in [5.41, 5.74) is 1.34. The largest absolute Gasteiger partial charge is 0.345 e. The monoisotopic (exact) mass is 354 g/mol. The third-order valence-electron chi connectivity index (χ3n) is 4.46. The van der Waals surface area contributed by atoms with Gasteiger partial charge in [0.15, 0.2) is 0 Å². The molecule has 1 amide bonds.